The Hall–Kier alpha value is -3.09. The second kappa shape index (κ2) is 8.14. The molecule has 0 bridgehead atoms. The standard InChI is InChI=1S/C18H23N7/c1-19-18(21-14-17-9-12-22-24(17)2)20-11-8-15-4-6-16(7-5-15)25-13-3-10-23-25/h3-7,9-10,12-13H,8,11,14H2,1-2H3,(H2,19,20,21). The summed E-state index contributed by atoms with van der Waals surface area (Å²) in [6.07, 6.45) is 6.43. The molecule has 25 heavy (non-hydrogen) atoms. The Kier molecular flexibility index (Phi) is 5.46. The molecule has 7 nitrogen and oxygen atoms in total. The third-order valence-electron chi connectivity index (χ3n) is 3.99. The van der Waals surface area contributed by atoms with E-state index >= 15 is 0 Å². The molecule has 0 fully saturated rings. The Morgan fingerprint density at radius 2 is 1.92 bits per heavy atom. The highest BCUT2D eigenvalue weighted by atomic mass is 15.3. The molecule has 0 spiro atoms. The third kappa shape index (κ3) is 4.47. The van der Waals surface area contributed by atoms with E-state index in [1.165, 1.54) is 5.56 Å². The fourth-order valence-corrected chi connectivity index (χ4v) is 2.53. The van der Waals surface area contributed by atoms with Gasteiger partial charge in [-0.1, -0.05) is 12.1 Å². The summed E-state index contributed by atoms with van der Waals surface area (Å²) in [6.45, 7) is 1.50. The highest BCUT2D eigenvalue weighted by Gasteiger charge is 2.02. The molecule has 0 saturated carbocycles. The lowest BCUT2D eigenvalue weighted by atomic mass is 10.1. The molecule has 0 unspecified atom stereocenters. The van der Waals surface area contributed by atoms with Crippen molar-refractivity contribution in [3.63, 3.8) is 0 Å². The minimum Gasteiger partial charge on any atom is -0.356 e. The van der Waals surface area contributed by atoms with Gasteiger partial charge in [0.2, 0.25) is 0 Å². The van der Waals surface area contributed by atoms with Crippen molar-refractivity contribution >= 4 is 5.96 Å². The minimum absolute atomic E-state index is 0.689. The first-order valence-corrected chi connectivity index (χ1v) is 8.26. The maximum absolute atomic E-state index is 4.25. The monoisotopic (exact) mass is 337 g/mol. The number of nitrogens with zero attached hydrogens (tertiary/aromatic N) is 5. The van der Waals surface area contributed by atoms with Crippen molar-refractivity contribution in [2.45, 2.75) is 13.0 Å². The molecular formula is C18H23N7. The Morgan fingerprint density at radius 3 is 2.56 bits per heavy atom. The molecule has 0 aliphatic heterocycles. The van der Waals surface area contributed by atoms with E-state index in [-0.39, 0.29) is 0 Å². The van der Waals surface area contributed by atoms with Crippen molar-refractivity contribution < 1.29 is 0 Å². The van der Waals surface area contributed by atoms with E-state index in [1.807, 2.05) is 34.7 Å². The molecule has 3 aromatic rings. The number of rotatable bonds is 6. The van der Waals surface area contributed by atoms with Crippen LogP contribution in [0.15, 0.2) is 60.0 Å². The fourth-order valence-electron chi connectivity index (χ4n) is 2.53. The molecule has 3 rings (SSSR count). The van der Waals surface area contributed by atoms with Gasteiger partial charge in [0.1, 0.15) is 0 Å². The zero-order chi connectivity index (χ0) is 17.5. The molecule has 0 radical (unpaired) electrons. The highest BCUT2D eigenvalue weighted by molar-refractivity contribution is 5.79. The van der Waals surface area contributed by atoms with Crippen LogP contribution in [0.2, 0.25) is 0 Å². The summed E-state index contributed by atoms with van der Waals surface area (Å²) in [7, 11) is 3.71. The van der Waals surface area contributed by atoms with Gasteiger partial charge in [0.15, 0.2) is 5.96 Å². The van der Waals surface area contributed by atoms with Crippen LogP contribution in [0, 0.1) is 0 Å². The van der Waals surface area contributed by atoms with Crippen LogP contribution in [0.5, 0.6) is 0 Å². The van der Waals surface area contributed by atoms with Gasteiger partial charge in [0, 0.05) is 39.2 Å². The topological polar surface area (TPSA) is 72.1 Å². The number of aromatic nitrogens is 4. The average molecular weight is 337 g/mol. The van der Waals surface area contributed by atoms with Gasteiger partial charge in [0.25, 0.3) is 0 Å². The van der Waals surface area contributed by atoms with Gasteiger partial charge in [-0.05, 0) is 36.2 Å². The van der Waals surface area contributed by atoms with Gasteiger partial charge < -0.3 is 10.6 Å². The zero-order valence-electron chi connectivity index (χ0n) is 14.6. The van der Waals surface area contributed by atoms with E-state index in [0.717, 1.165) is 30.3 Å². The lowest BCUT2D eigenvalue weighted by Gasteiger charge is -2.12. The fraction of sp³-hybridized carbons (Fsp3) is 0.278. The van der Waals surface area contributed by atoms with Crippen molar-refractivity contribution in [2.75, 3.05) is 13.6 Å². The molecule has 0 atom stereocenters. The van der Waals surface area contributed by atoms with Crippen molar-refractivity contribution in [1.82, 2.24) is 30.2 Å². The summed E-state index contributed by atoms with van der Waals surface area (Å²) in [5, 5.41) is 15.0. The van der Waals surface area contributed by atoms with Gasteiger partial charge in [-0.15, -0.1) is 0 Å². The minimum atomic E-state index is 0.689. The summed E-state index contributed by atoms with van der Waals surface area (Å²) in [4.78, 5) is 4.25. The maximum atomic E-state index is 4.25. The first-order valence-electron chi connectivity index (χ1n) is 8.26. The lowest BCUT2D eigenvalue weighted by molar-refractivity contribution is 0.684. The number of hydrogen-bond acceptors (Lipinski definition) is 3. The normalized spacial score (nSPS) is 11.5. The van der Waals surface area contributed by atoms with Gasteiger partial charge in [-0.3, -0.25) is 9.67 Å². The molecule has 0 aliphatic carbocycles. The SMILES string of the molecule is CN=C(NCCc1ccc(-n2cccn2)cc1)NCc1ccnn1C. The number of guanidine groups is 1. The van der Waals surface area contributed by atoms with Crippen molar-refractivity contribution in [2.24, 2.45) is 12.0 Å². The van der Waals surface area contributed by atoms with Crippen LogP contribution in [0.3, 0.4) is 0 Å². The van der Waals surface area contributed by atoms with E-state index < -0.39 is 0 Å². The number of benzene rings is 1. The molecule has 130 valence electrons. The Morgan fingerprint density at radius 1 is 1.08 bits per heavy atom. The quantitative estimate of drug-likeness (QED) is 0.528. The van der Waals surface area contributed by atoms with Crippen LogP contribution in [-0.2, 0) is 20.0 Å². The van der Waals surface area contributed by atoms with Gasteiger partial charge >= 0.3 is 0 Å². The first kappa shape index (κ1) is 16.8. The molecule has 1 aromatic carbocycles. The lowest BCUT2D eigenvalue weighted by Crippen LogP contribution is -2.38. The summed E-state index contributed by atoms with van der Waals surface area (Å²) in [6, 6.07) is 12.3. The van der Waals surface area contributed by atoms with Gasteiger partial charge in [-0.2, -0.15) is 10.2 Å². The number of nitrogens with one attached hydrogen (secondary N) is 2. The molecule has 0 saturated heterocycles. The Balaban J connectivity index is 1.45. The van der Waals surface area contributed by atoms with Crippen LogP contribution in [0.4, 0.5) is 0 Å². The number of aryl methyl sites for hydroxylation is 1. The van der Waals surface area contributed by atoms with E-state index in [2.05, 4.69) is 50.1 Å². The molecule has 7 heteroatoms. The van der Waals surface area contributed by atoms with Crippen molar-refractivity contribution in [1.29, 1.82) is 0 Å². The second-order valence-corrected chi connectivity index (χ2v) is 5.67. The van der Waals surface area contributed by atoms with Gasteiger partial charge in [-0.25, -0.2) is 4.68 Å². The molecular weight excluding hydrogens is 314 g/mol. The molecule has 2 aromatic heterocycles. The number of hydrogen-bond donors (Lipinski definition) is 2. The van der Waals surface area contributed by atoms with E-state index in [4.69, 9.17) is 0 Å². The predicted molar refractivity (Wildman–Crippen MR) is 98.7 cm³/mol. The molecule has 0 aliphatic rings. The van der Waals surface area contributed by atoms with E-state index in [0.29, 0.717) is 6.54 Å². The van der Waals surface area contributed by atoms with Crippen LogP contribution in [-0.4, -0.2) is 39.1 Å². The maximum Gasteiger partial charge on any atom is 0.191 e. The van der Waals surface area contributed by atoms with Crippen molar-refractivity contribution in [3.05, 3.63) is 66.2 Å². The summed E-state index contributed by atoms with van der Waals surface area (Å²) < 4.78 is 3.70. The van der Waals surface area contributed by atoms with Crippen LogP contribution in [0.25, 0.3) is 5.69 Å². The molecule has 2 heterocycles. The summed E-state index contributed by atoms with van der Waals surface area (Å²) >= 11 is 0. The van der Waals surface area contributed by atoms with Crippen LogP contribution < -0.4 is 10.6 Å². The largest absolute Gasteiger partial charge is 0.356 e. The van der Waals surface area contributed by atoms with Crippen LogP contribution in [0.1, 0.15) is 11.3 Å². The van der Waals surface area contributed by atoms with Crippen molar-refractivity contribution in [3.8, 4) is 5.69 Å². The zero-order valence-corrected chi connectivity index (χ0v) is 14.6. The molecule has 2 N–H and O–H groups in total. The smallest absolute Gasteiger partial charge is 0.191 e. The third-order valence-corrected chi connectivity index (χ3v) is 3.99. The van der Waals surface area contributed by atoms with E-state index in [9.17, 15) is 0 Å². The predicted octanol–water partition coefficient (Wildman–Crippen LogP) is 1.51. The average Bonchev–Trinajstić information content (AvgIpc) is 3.30. The Bertz CT molecular complexity index is 800. The highest BCUT2D eigenvalue weighted by Crippen LogP contribution is 2.08. The second-order valence-electron chi connectivity index (χ2n) is 5.67. The first-order chi connectivity index (χ1) is 12.3. The van der Waals surface area contributed by atoms with Crippen LogP contribution >= 0.6 is 0 Å². The number of aliphatic imine (C=N–C) groups is 1. The molecule has 0 amide bonds. The summed E-state index contributed by atoms with van der Waals surface area (Å²) in [5.74, 6) is 0.786. The Labute approximate surface area is 147 Å². The van der Waals surface area contributed by atoms with Gasteiger partial charge in [0.05, 0.1) is 17.9 Å². The summed E-state index contributed by atoms with van der Waals surface area (Å²) in [5.41, 5.74) is 3.44. The van der Waals surface area contributed by atoms with E-state index in [1.54, 1.807) is 19.4 Å².